The molecule has 0 amide bonds. The zero-order valence-corrected chi connectivity index (χ0v) is 12.5. The third kappa shape index (κ3) is 2.58. The number of aryl methyl sites for hydroxylation is 2. The fourth-order valence-corrected chi connectivity index (χ4v) is 2.44. The highest BCUT2D eigenvalue weighted by Gasteiger charge is 2.28. The molecule has 0 atom stereocenters. The van der Waals surface area contributed by atoms with Crippen LogP contribution in [0.4, 0.5) is 5.82 Å². The van der Waals surface area contributed by atoms with Crippen molar-refractivity contribution in [3.63, 3.8) is 0 Å². The summed E-state index contributed by atoms with van der Waals surface area (Å²) in [5.74, 6) is 0.771. The Morgan fingerprint density at radius 3 is 2.79 bits per heavy atom. The predicted octanol–water partition coefficient (Wildman–Crippen LogP) is 1.41. The maximum absolute atomic E-state index is 9.52. The van der Waals surface area contributed by atoms with Gasteiger partial charge in [0.05, 0.1) is 17.7 Å². The summed E-state index contributed by atoms with van der Waals surface area (Å²) in [5.41, 5.74) is 8.62. The Kier molecular flexibility index (Phi) is 3.78. The van der Waals surface area contributed by atoms with Gasteiger partial charge in [0.1, 0.15) is 10.8 Å². The average molecular weight is 279 g/mol. The van der Waals surface area contributed by atoms with Crippen molar-refractivity contribution < 1.29 is 5.11 Å². The quantitative estimate of drug-likeness (QED) is 0.816. The van der Waals surface area contributed by atoms with E-state index in [-0.39, 0.29) is 6.61 Å². The number of aliphatic hydroxyl groups excluding tert-OH is 1. The Labute approximate surface area is 119 Å². The van der Waals surface area contributed by atoms with Crippen LogP contribution in [0.15, 0.2) is 6.07 Å². The summed E-state index contributed by atoms with van der Waals surface area (Å²) in [5, 5.41) is 9.52. The summed E-state index contributed by atoms with van der Waals surface area (Å²) < 4.78 is 0. The third-order valence-electron chi connectivity index (χ3n) is 3.91. The summed E-state index contributed by atoms with van der Waals surface area (Å²) in [6.45, 7) is 3.97. The molecule has 104 valence electrons. The Hall–Kier alpha value is -1.20. The molecule has 1 heterocycles. The van der Waals surface area contributed by atoms with Crippen molar-refractivity contribution in [3.05, 3.63) is 22.9 Å². The SMILES string of the molecule is CN(c1nc2c(cc1C(N)=S)CCC2)C(C)(C)CO. The van der Waals surface area contributed by atoms with Crippen LogP contribution < -0.4 is 10.6 Å². The van der Waals surface area contributed by atoms with E-state index in [4.69, 9.17) is 22.9 Å². The van der Waals surface area contributed by atoms with Gasteiger partial charge in [0, 0.05) is 12.7 Å². The van der Waals surface area contributed by atoms with E-state index < -0.39 is 5.54 Å². The maximum Gasteiger partial charge on any atom is 0.139 e. The Bertz CT molecular complexity index is 514. The van der Waals surface area contributed by atoms with Crippen molar-refractivity contribution in [2.75, 3.05) is 18.6 Å². The van der Waals surface area contributed by atoms with Gasteiger partial charge in [0.25, 0.3) is 0 Å². The normalized spacial score (nSPS) is 14.3. The van der Waals surface area contributed by atoms with Gasteiger partial charge in [-0.15, -0.1) is 0 Å². The lowest BCUT2D eigenvalue weighted by molar-refractivity contribution is 0.215. The molecule has 0 unspecified atom stereocenters. The lowest BCUT2D eigenvalue weighted by Crippen LogP contribution is -2.45. The molecule has 1 aliphatic rings. The number of nitrogens with zero attached hydrogens (tertiary/aromatic N) is 2. The minimum Gasteiger partial charge on any atom is -0.394 e. The number of aromatic nitrogens is 1. The van der Waals surface area contributed by atoms with Crippen molar-refractivity contribution in [1.82, 2.24) is 4.98 Å². The molecule has 4 nitrogen and oxygen atoms in total. The number of hydrogen-bond acceptors (Lipinski definition) is 4. The summed E-state index contributed by atoms with van der Waals surface area (Å²) in [7, 11) is 1.92. The van der Waals surface area contributed by atoms with E-state index >= 15 is 0 Å². The summed E-state index contributed by atoms with van der Waals surface area (Å²) in [4.78, 5) is 7.05. The Morgan fingerprint density at radius 1 is 1.53 bits per heavy atom. The first-order valence-electron chi connectivity index (χ1n) is 6.54. The molecule has 0 aliphatic heterocycles. The van der Waals surface area contributed by atoms with E-state index in [0.717, 1.165) is 36.3 Å². The van der Waals surface area contributed by atoms with E-state index in [0.29, 0.717) is 4.99 Å². The van der Waals surface area contributed by atoms with Crippen LogP contribution in [0.2, 0.25) is 0 Å². The van der Waals surface area contributed by atoms with Gasteiger partial charge >= 0.3 is 0 Å². The van der Waals surface area contributed by atoms with Crippen molar-refractivity contribution in [1.29, 1.82) is 0 Å². The molecule has 0 spiro atoms. The van der Waals surface area contributed by atoms with Gasteiger partial charge in [-0.1, -0.05) is 12.2 Å². The van der Waals surface area contributed by atoms with Crippen LogP contribution in [-0.2, 0) is 12.8 Å². The molecule has 5 heteroatoms. The van der Waals surface area contributed by atoms with Crippen molar-refractivity contribution in [2.24, 2.45) is 5.73 Å². The van der Waals surface area contributed by atoms with Crippen LogP contribution in [0.1, 0.15) is 37.1 Å². The van der Waals surface area contributed by atoms with Gasteiger partial charge in [0.15, 0.2) is 0 Å². The van der Waals surface area contributed by atoms with Crippen LogP contribution in [0, 0.1) is 0 Å². The van der Waals surface area contributed by atoms with Gasteiger partial charge in [-0.2, -0.15) is 0 Å². The fraction of sp³-hybridized carbons (Fsp3) is 0.571. The lowest BCUT2D eigenvalue weighted by Gasteiger charge is -2.36. The number of likely N-dealkylation sites (N-methyl/N-ethyl adjacent to an activating group) is 1. The fourth-order valence-electron chi connectivity index (χ4n) is 2.29. The smallest absolute Gasteiger partial charge is 0.139 e. The molecule has 0 radical (unpaired) electrons. The molecule has 1 aromatic heterocycles. The Balaban J connectivity index is 2.52. The highest BCUT2D eigenvalue weighted by Crippen LogP contribution is 2.29. The highest BCUT2D eigenvalue weighted by atomic mass is 32.1. The van der Waals surface area contributed by atoms with Crippen molar-refractivity contribution >= 4 is 23.0 Å². The number of nitrogens with two attached hydrogens (primary N) is 1. The first-order valence-corrected chi connectivity index (χ1v) is 6.95. The first-order chi connectivity index (χ1) is 8.86. The van der Waals surface area contributed by atoms with E-state index in [9.17, 15) is 5.11 Å². The second kappa shape index (κ2) is 5.06. The van der Waals surface area contributed by atoms with Crippen molar-refractivity contribution in [3.8, 4) is 0 Å². The Morgan fingerprint density at radius 2 is 2.21 bits per heavy atom. The van der Waals surface area contributed by atoms with Gasteiger partial charge in [0.2, 0.25) is 0 Å². The molecule has 0 fully saturated rings. The summed E-state index contributed by atoms with van der Waals surface area (Å²) >= 11 is 5.15. The monoisotopic (exact) mass is 279 g/mol. The number of anilines is 1. The second-order valence-electron chi connectivity index (χ2n) is 5.71. The topological polar surface area (TPSA) is 62.4 Å². The number of pyridine rings is 1. The van der Waals surface area contributed by atoms with E-state index in [2.05, 4.69) is 6.07 Å². The predicted molar refractivity (Wildman–Crippen MR) is 81.7 cm³/mol. The highest BCUT2D eigenvalue weighted by molar-refractivity contribution is 7.80. The molecular formula is C14H21N3OS. The molecule has 0 saturated heterocycles. The van der Waals surface area contributed by atoms with E-state index in [1.165, 1.54) is 5.56 Å². The van der Waals surface area contributed by atoms with Gasteiger partial charge in [-0.05, 0) is 44.7 Å². The molecular weight excluding hydrogens is 258 g/mol. The average Bonchev–Trinajstić information content (AvgIpc) is 2.83. The van der Waals surface area contributed by atoms with Gasteiger partial charge in [-0.25, -0.2) is 4.98 Å². The molecule has 0 saturated carbocycles. The summed E-state index contributed by atoms with van der Waals surface area (Å²) in [6.07, 6.45) is 3.19. The third-order valence-corrected chi connectivity index (χ3v) is 4.13. The van der Waals surface area contributed by atoms with Gasteiger partial charge in [-0.3, -0.25) is 0 Å². The molecule has 2 rings (SSSR count). The molecule has 0 bridgehead atoms. The molecule has 0 aromatic carbocycles. The molecule has 1 aromatic rings. The minimum absolute atomic E-state index is 0.0407. The number of hydrogen-bond donors (Lipinski definition) is 2. The van der Waals surface area contributed by atoms with Crippen LogP contribution >= 0.6 is 12.2 Å². The molecule has 19 heavy (non-hydrogen) atoms. The number of aliphatic hydroxyl groups is 1. The molecule has 1 aliphatic carbocycles. The van der Waals surface area contributed by atoms with Crippen LogP contribution in [0.25, 0.3) is 0 Å². The number of fused-ring (bicyclic) bond motifs is 1. The van der Waals surface area contributed by atoms with Crippen LogP contribution in [0.5, 0.6) is 0 Å². The van der Waals surface area contributed by atoms with Gasteiger partial charge < -0.3 is 15.7 Å². The standard InChI is InChI=1S/C14H21N3OS/c1-14(2,8-18)17(3)13-10(12(15)19)7-9-5-4-6-11(9)16-13/h7,18H,4-6,8H2,1-3H3,(H2,15,19). The largest absolute Gasteiger partial charge is 0.394 e. The number of thiocarbonyl (C=S) groups is 1. The second-order valence-corrected chi connectivity index (χ2v) is 6.15. The maximum atomic E-state index is 9.52. The minimum atomic E-state index is -0.403. The van der Waals surface area contributed by atoms with E-state index in [1.807, 2.05) is 25.8 Å². The zero-order valence-electron chi connectivity index (χ0n) is 11.7. The summed E-state index contributed by atoms with van der Waals surface area (Å²) in [6, 6.07) is 2.07. The zero-order chi connectivity index (χ0) is 14.2. The van der Waals surface area contributed by atoms with Crippen molar-refractivity contribution in [2.45, 2.75) is 38.6 Å². The lowest BCUT2D eigenvalue weighted by atomic mass is 10.0. The van der Waals surface area contributed by atoms with Crippen LogP contribution in [0.3, 0.4) is 0 Å². The number of rotatable bonds is 4. The van der Waals surface area contributed by atoms with E-state index in [1.54, 1.807) is 0 Å². The van der Waals surface area contributed by atoms with Crippen LogP contribution in [-0.4, -0.2) is 34.3 Å². The molecule has 3 N–H and O–H groups in total. The first kappa shape index (κ1) is 14.2.